The number of aromatic nitrogens is 2. The molecule has 3 heterocycles. The van der Waals surface area contributed by atoms with Gasteiger partial charge in [-0.1, -0.05) is 12.1 Å². The number of nitrogens with two attached hydrogens (primary N) is 2. The predicted octanol–water partition coefficient (Wildman–Crippen LogP) is 1.11. The highest BCUT2D eigenvalue weighted by atomic mass is 16.2. The molecule has 166 valence electrons. The molecule has 0 bridgehead atoms. The van der Waals surface area contributed by atoms with Crippen LogP contribution in [-0.2, 0) is 6.54 Å². The first kappa shape index (κ1) is 21.5. The molecule has 2 saturated heterocycles. The number of urea groups is 1. The van der Waals surface area contributed by atoms with Gasteiger partial charge in [-0.25, -0.2) is 9.59 Å². The Hall–Kier alpha value is -2.75. The third-order valence-electron chi connectivity index (χ3n) is 6.12. The number of amides is 2. The number of nitrogens with one attached hydrogen (secondary N) is 1. The average molecular weight is 426 g/mol. The summed E-state index contributed by atoms with van der Waals surface area (Å²) < 4.78 is 1.47. The second-order valence-electron chi connectivity index (χ2n) is 8.50. The number of nitrogens with zero attached hydrogens (tertiary/aromatic N) is 4. The molecule has 0 radical (unpaired) electrons. The summed E-state index contributed by atoms with van der Waals surface area (Å²) in [5, 5.41) is 2.71. The van der Waals surface area contributed by atoms with Crippen LogP contribution in [0.25, 0.3) is 5.69 Å². The number of likely N-dealkylation sites (tertiary alicyclic amines) is 2. The van der Waals surface area contributed by atoms with Crippen molar-refractivity contribution in [2.75, 3.05) is 31.5 Å². The van der Waals surface area contributed by atoms with Crippen molar-refractivity contribution in [3.63, 3.8) is 0 Å². The van der Waals surface area contributed by atoms with Crippen molar-refractivity contribution in [3.8, 4) is 5.69 Å². The molecule has 9 nitrogen and oxygen atoms in total. The van der Waals surface area contributed by atoms with Gasteiger partial charge in [0.25, 0.3) is 0 Å². The number of benzene rings is 1. The SMILES string of the molecule is NC1CCN(Cc2ccc(-n3ccc(NC(=O)N4CCC(N)CC4)nc3=O)cc2)CC1. The lowest BCUT2D eigenvalue weighted by atomic mass is 10.1. The zero-order valence-corrected chi connectivity index (χ0v) is 17.7. The minimum atomic E-state index is -0.434. The lowest BCUT2D eigenvalue weighted by Crippen LogP contribution is -2.44. The second kappa shape index (κ2) is 9.59. The zero-order valence-electron chi connectivity index (χ0n) is 17.7. The molecule has 0 unspecified atom stereocenters. The molecule has 2 amide bonds. The number of carbonyl (C=O) groups is 1. The van der Waals surface area contributed by atoms with Crippen LogP contribution >= 0.6 is 0 Å². The van der Waals surface area contributed by atoms with Crippen LogP contribution in [0, 0.1) is 0 Å². The van der Waals surface area contributed by atoms with Gasteiger partial charge in [0, 0.05) is 37.9 Å². The maximum atomic E-state index is 12.5. The van der Waals surface area contributed by atoms with Crippen molar-refractivity contribution in [2.24, 2.45) is 11.5 Å². The Morgan fingerprint density at radius 2 is 1.58 bits per heavy atom. The van der Waals surface area contributed by atoms with E-state index in [0.29, 0.717) is 19.1 Å². The molecule has 1 aromatic heterocycles. The van der Waals surface area contributed by atoms with Crippen LogP contribution in [0.15, 0.2) is 41.3 Å². The minimum Gasteiger partial charge on any atom is -0.328 e. The van der Waals surface area contributed by atoms with Crippen molar-refractivity contribution in [3.05, 3.63) is 52.6 Å². The van der Waals surface area contributed by atoms with E-state index in [1.807, 2.05) is 24.3 Å². The molecule has 0 spiro atoms. The van der Waals surface area contributed by atoms with E-state index in [1.165, 1.54) is 10.1 Å². The number of piperidine rings is 2. The summed E-state index contributed by atoms with van der Waals surface area (Å²) in [7, 11) is 0. The molecule has 0 saturated carbocycles. The normalized spacial score (nSPS) is 18.8. The summed E-state index contributed by atoms with van der Waals surface area (Å²) in [6, 6.07) is 9.77. The van der Waals surface area contributed by atoms with Gasteiger partial charge in [0.2, 0.25) is 0 Å². The topological polar surface area (TPSA) is 123 Å². The van der Waals surface area contributed by atoms with Gasteiger partial charge in [-0.15, -0.1) is 0 Å². The summed E-state index contributed by atoms with van der Waals surface area (Å²) in [6.45, 7) is 4.14. The Morgan fingerprint density at radius 1 is 0.968 bits per heavy atom. The number of anilines is 1. The highest BCUT2D eigenvalue weighted by molar-refractivity contribution is 5.88. The quantitative estimate of drug-likeness (QED) is 0.674. The van der Waals surface area contributed by atoms with Gasteiger partial charge in [-0.3, -0.25) is 14.8 Å². The van der Waals surface area contributed by atoms with Crippen molar-refractivity contribution in [2.45, 2.75) is 44.3 Å². The highest BCUT2D eigenvalue weighted by Gasteiger charge is 2.21. The van der Waals surface area contributed by atoms with E-state index in [4.69, 9.17) is 11.5 Å². The van der Waals surface area contributed by atoms with Crippen molar-refractivity contribution >= 4 is 11.8 Å². The van der Waals surface area contributed by atoms with Gasteiger partial charge < -0.3 is 16.4 Å². The van der Waals surface area contributed by atoms with E-state index < -0.39 is 5.69 Å². The molecule has 5 N–H and O–H groups in total. The molecule has 0 aliphatic carbocycles. The average Bonchev–Trinajstić information content (AvgIpc) is 2.77. The molecule has 2 aliphatic heterocycles. The van der Waals surface area contributed by atoms with Crippen LogP contribution in [-0.4, -0.2) is 63.6 Å². The molecular weight excluding hydrogens is 394 g/mol. The van der Waals surface area contributed by atoms with Gasteiger partial charge in [0.1, 0.15) is 5.82 Å². The van der Waals surface area contributed by atoms with Crippen LogP contribution < -0.4 is 22.5 Å². The van der Waals surface area contributed by atoms with Crippen molar-refractivity contribution < 1.29 is 4.79 Å². The summed E-state index contributed by atoms with van der Waals surface area (Å²) >= 11 is 0. The van der Waals surface area contributed by atoms with Crippen LogP contribution in [0.4, 0.5) is 10.6 Å². The summed E-state index contributed by atoms with van der Waals surface area (Å²) in [4.78, 5) is 33.0. The standard InChI is InChI=1S/C22H31N7O2/c23-17-5-10-27(11-6-17)15-16-1-3-19(4-2-16)29-14-9-20(26-22(29)31)25-21(30)28-12-7-18(24)8-13-28/h1-4,9,14,17-18H,5-8,10-13,15,23-24H2,(H,25,26,30,31). The first-order chi connectivity index (χ1) is 15.0. The van der Waals surface area contributed by atoms with Crippen molar-refractivity contribution in [1.82, 2.24) is 19.4 Å². The molecule has 2 fully saturated rings. The summed E-state index contributed by atoms with van der Waals surface area (Å²) in [6.07, 6.45) is 5.27. The number of rotatable bonds is 4. The first-order valence-corrected chi connectivity index (χ1v) is 11.0. The summed E-state index contributed by atoms with van der Waals surface area (Å²) in [5.74, 6) is 0.251. The predicted molar refractivity (Wildman–Crippen MR) is 120 cm³/mol. The molecular formula is C22H31N7O2. The van der Waals surface area contributed by atoms with Gasteiger partial charge in [-0.05, 0) is 62.5 Å². The van der Waals surface area contributed by atoms with Crippen LogP contribution in [0.2, 0.25) is 0 Å². The van der Waals surface area contributed by atoms with Gasteiger partial charge in [0.15, 0.2) is 0 Å². The van der Waals surface area contributed by atoms with Gasteiger partial charge in [-0.2, -0.15) is 4.98 Å². The molecule has 1 aromatic carbocycles. The molecule has 9 heteroatoms. The van der Waals surface area contributed by atoms with E-state index in [1.54, 1.807) is 17.2 Å². The van der Waals surface area contributed by atoms with Gasteiger partial charge in [0.05, 0.1) is 5.69 Å². The van der Waals surface area contributed by atoms with E-state index in [9.17, 15) is 9.59 Å². The Kier molecular flexibility index (Phi) is 6.64. The smallest absolute Gasteiger partial charge is 0.328 e. The number of hydrogen-bond acceptors (Lipinski definition) is 6. The van der Waals surface area contributed by atoms with Gasteiger partial charge >= 0.3 is 11.7 Å². The lowest BCUT2D eigenvalue weighted by Gasteiger charge is -2.30. The fourth-order valence-electron chi connectivity index (χ4n) is 4.09. The Morgan fingerprint density at radius 3 is 2.19 bits per heavy atom. The maximum Gasteiger partial charge on any atom is 0.354 e. The van der Waals surface area contributed by atoms with E-state index in [-0.39, 0.29) is 17.9 Å². The van der Waals surface area contributed by atoms with Crippen LogP contribution in [0.1, 0.15) is 31.2 Å². The fraction of sp³-hybridized carbons (Fsp3) is 0.500. The lowest BCUT2D eigenvalue weighted by molar-refractivity contribution is 0.195. The highest BCUT2D eigenvalue weighted by Crippen LogP contribution is 2.15. The molecule has 2 aromatic rings. The third kappa shape index (κ3) is 5.49. The Labute approximate surface area is 182 Å². The molecule has 31 heavy (non-hydrogen) atoms. The second-order valence-corrected chi connectivity index (χ2v) is 8.50. The summed E-state index contributed by atoms with van der Waals surface area (Å²) in [5.41, 5.74) is 13.4. The van der Waals surface area contributed by atoms with Crippen molar-refractivity contribution in [1.29, 1.82) is 0 Å². The van der Waals surface area contributed by atoms with Crippen LogP contribution in [0.5, 0.6) is 0 Å². The van der Waals surface area contributed by atoms with E-state index in [0.717, 1.165) is 51.0 Å². The molecule has 0 atom stereocenters. The Bertz CT molecular complexity index is 943. The monoisotopic (exact) mass is 425 g/mol. The molecule has 4 rings (SSSR count). The number of hydrogen-bond donors (Lipinski definition) is 3. The minimum absolute atomic E-state index is 0.149. The van der Waals surface area contributed by atoms with Crippen LogP contribution in [0.3, 0.4) is 0 Å². The largest absolute Gasteiger partial charge is 0.354 e. The Balaban J connectivity index is 1.37. The molecule has 2 aliphatic rings. The first-order valence-electron chi connectivity index (χ1n) is 11.0. The van der Waals surface area contributed by atoms with E-state index in [2.05, 4.69) is 15.2 Å². The maximum absolute atomic E-state index is 12.5. The number of carbonyl (C=O) groups excluding carboxylic acids is 1. The zero-order chi connectivity index (χ0) is 21.8. The fourth-order valence-corrected chi connectivity index (χ4v) is 4.09. The van der Waals surface area contributed by atoms with E-state index >= 15 is 0 Å². The third-order valence-corrected chi connectivity index (χ3v) is 6.12.